The lowest BCUT2D eigenvalue weighted by Crippen LogP contribution is -2.43. The van der Waals surface area contributed by atoms with Gasteiger partial charge in [0.25, 0.3) is 0 Å². The molecule has 0 bridgehead atoms. The average Bonchev–Trinajstić information content (AvgIpc) is 3.39. The standard InChI is InChI=1S/C21H32N6O.HI/c1-22-21(23-11-10-17-14-25-26(2)16-17)24-15-19(27-12-6-7-13-27)18-8-4-5-9-20(18)28-3;/h4-5,8-9,14,16,19H,6-7,10-13,15H2,1-3H3,(H2,22,23,24);1H. The van der Waals surface area contributed by atoms with Crippen molar-refractivity contribution in [3.8, 4) is 5.75 Å². The number of halogens is 1. The number of guanidine groups is 1. The van der Waals surface area contributed by atoms with Gasteiger partial charge in [-0.15, -0.1) is 24.0 Å². The fourth-order valence-corrected chi connectivity index (χ4v) is 3.77. The minimum atomic E-state index is 0. The Hall–Kier alpha value is -1.81. The Balaban J connectivity index is 0.00000300. The van der Waals surface area contributed by atoms with E-state index in [0.29, 0.717) is 0 Å². The number of benzene rings is 1. The Bertz CT molecular complexity index is 772. The van der Waals surface area contributed by atoms with Gasteiger partial charge in [0.1, 0.15) is 5.75 Å². The molecule has 0 saturated carbocycles. The van der Waals surface area contributed by atoms with Crippen LogP contribution in [0.1, 0.15) is 30.0 Å². The SMILES string of the molecule is CN=C(NCCc1cnn(C)c1)NCC(c1ccccc1OC)N1CCCC1.I. The second kappa shape index (κ2) is 12.0. The summed E-state index contributed by atoms with van der Waals surface area (Å²) >= 11 is 0. The van der Waals surface area contributed by atoms with E-state index in [9.17, 15) is 0 Å². The normalized spacial score (nSPS) is 15.6. The molecule has 2 aromatic rings. The van der Waals surface area contributed by atoms with Crippen LogP contribution in [0.3, 0.4) is 0 Å². The largest absolute Gasteiger partial charge is 0.496 e. The molecule has 1 fully saturated rings. The zero-order valence-corrected chi connectivity index (χ0v) is 19.9. The Kier molecular flexibility index (Phi) is 9.72. The van der Waals surface area contributed by atoms with Crippen LogP contribution in [0.15, 0.2) is 41.7 Å². The summed E-state index contributed by atoms with van der Waals surface area (Å²) in [6, 6.07) is 8.58. The van der Waals surface area contributed by atoms with Crippen molar-refractivity contribution in [3.63, 3.8) is 0 Å². The van der Waals surface area contributed by atoms with Gasteiger partial charge >= 0.3 is 0 Å². The third-order valence-electron chi connectivity index (χ3n) is 5.23. The number of aryl methyl sites for hydroxylation is 1. The van der Waals surface area contributed by atoms with Crippen molar-refractivity contribution in [1.29, 1.82) is 0 Å². The van der Waals surface area contributed by atoms with E-state index in [1.54, 1.807) is 7.11 Å². The van der Waals surface area contributed by atoms with Gasteiger partial charge in [-0.1, -0.05) is 18.2 Å². The summed E-state index contributed by atoms with van der Waals surface area (Å²) in [5, 5.41) is 11.1. The highest BCUT2D eigenvalue weighted by Gasteiger charge is 2.25. The first-order valence-corrected chi connectivity index (χ1v) is 10.00. The summed E-state index contributed by atoms with van der Waals surface area (Å²) in [7, 11) is 5.49. The number of aromatic nitrogens is 2. The second-order valence-corrected chi connectivity index (χ2v) is 7.15. The summed E-state index contributed by atoms with van der Waals surface area (Å²) in [4.78, 5) is 6.92. The molecule has 160 valence electrons. The summed E-state index contributed by atoms with van der Waals surface area (Å²) in [5.41, 5.74) is 2.44. The van der Waals surface area contributed by atoms with E-state index < -0.39 is 0 Å². The van der Waals surface area contributed by atoms with Gasteiger partial charge in [-0.2, -0.15) is 5.10 Å². The number of likely N-dealkylation sites (tertiary alicyclic amines) is 1. The van der Waals surface area contributed by atoms with E-state index in [0.717, 1.165) is 44.3 Å². The van der Waals surface area contributed by atoms with Crippen molar-refractivity contribution < 1.29 is 4.74 Å². The lowest BCUT2D eigenvalue weighted by atomic mass is 10.0. The number of methoxy groups -OCH3 is 1. The van der Waals surface area contributed by atoms with Crippen molar-refractivity contribution in [2.75, 3.05) is 40.3 Å². The molecule has 0 radical (unpaired) electrons. The highest BCUT2D eigenvalue weighted by molar-refractivity contribution is 14.0. The van der Waals surface area contributed by atoms with Crippen LogP contribution < -0.4 is 15.4 Å². The molecule has 3 rings (SSSR count). The first-order chi connectivity index (χ1) is 13.7. The van der Waals surface area contributed by atoms with Crippen LogP contribution in [0.2, 0.25) is 0 Å². The van der Waals surface area contributed by atoms with Crippen molar-refractivity contribution >= 4 is 29.9 Å². The van der Waals surface area contributed by atoms with Gasteiger partial charge in [0.15, 0.2) is 5.96 Å². The Morgan fingerprint density at radius 2 is 2.00 bits per heavy atom. The monoisotopic (exact) mass is 512 g/mol. The molecule has 2 heterocycles. The topological polar surface area (TPSA) is 66.7 Å². The third kappa shape index (κ3) is 6.60. The van der Waals surface area contributed by atoms with E-state index in [2.05, 4.69) is 37.8 Å². The van der Waals surface area contributed by atoms with E-state index in [1.165, 1.54) is 24.0 Å². The number of hydrogen-bond acceptors (Lipinski definition) is 4. The van der Waals surface area contributed by atoms with Crippen LogP contribution >= 0.6 is 24.0 Å². The number of nitrogens with zero attached hydrogens (tertiary/aromatic N) is 4. The molecule has 1 aromatic carbocycles. The third-order valence-corrected chi connectivity index (χ3v) is 5.23. The van der Waals surface area contributed by atoms with Crippen molar-refractivity contribution in [3.05, 3.63) is 47.8 Å². The van der Waals surface area contributed by atoms with Gasteiger partial charge in [0.05, 0.1) is 19.3 Å². The van der Waals surface area contributed by atoms with Gasteiger partial charge in [-0.3, -0.25) is 14.6 Å². The average molecular weight is 512 g/mol. The Morgan fingerprint density at radius 1 is 1.24 bits per heavy atom. The number of aliphatic imine (C=N–C) groups is 1. The van der Waals surface area contributed by atoms with E-state index in [1.807, 2.05) is 43.3 Å². The molecule has 0 aliphatic carbocycles. The number of para-hydroxylation sites is 1. The Morgan fingerprint density at radius 3 is 2.66 bits per heavy atom. The van der Waals surface area contributed by atoms with E-state index in [4.69, 9.17) is 4.74 Å². The minimum absolute atomic E-state index is 0. The maximum Gasteiger partial charge on any atom is 0.191 e. The molecule has 1 atom stereocenters. The van der Waals surface area contributed by atoms with Crippen LogP contribution in [0.25, 0.3) is 0 Å². The highest BCUT2D eigenvalue weighted by atomic mass is 127. The Labute approximate surface area is 190 Å². The molecule has 1 unspecified atom stereocenters. The molecular formula is C21H33IN6O. The smallest absolute Gasteiger partial charge is 0.191 e. The van der Waals surface area contributed by atoms with Crippen molar-refractivity contribution in [2.24, 2.45) is 12.0 Å². The fourth-order valence-electron chi connectivity index (χ4n) is 3.77. The first-order valence-electron chi connectivity index (χ1n) is 10.00. The van der Waals surface area contributed by atoms with Gasteiger partial charge in [-0.25, -0.2) is 0 Å². The molecule has 1 aromatic heterocycles. The predicted octanol–water partition coefficient (Wildman–Crippen LogP) is 2.59. The molecule has 8 heteroatoms. The molecular weight excluding hydrogens is 479 g/mol. The van der Waals surface area contributed by atoms with Gasteiger partial charge < -0.3 is 15.4 Å². The zero-order valence-electron chi connectivity index (χ0n) is 17.6. The maximum atomic E-state index is 5.63. The van der Waals surface area contributed by atoms with Crippen molar-refractivity contribution in [1.82, 2.24) is 25.3 Å². The second-order valence-electron chi connectivity index (χ2n) is 7.15. The molecule has 1 aliphatic heterocycles. The molecule has 1 saturated heterocycles. The number of hydrogen-bond donors (Lipinski definition) is 2. The van der Waals surface area contributed by atoms with Crippen LogP contribution in [0.4, 0.5) is 0 Å². The first kappa shape index (κ1) is 23.5. The molecule has 1 aliphatic rings. The molecule has 0 amide bonds. The number of ether oxygens (including phenoxy) is 1. The molecule has 0 spiro atoms. The minimum Gasteiger partial charge on any atom is -0.496 e. The lowest BCUT2D eigenvalue weighted by Gasteiger charge is -2.30. The van der Waals surface area contributed by atoms with Gasteiger partial charge in [0.2, 0.25) is 0 Å². The summed E-state index contributed by atoms with van der Waals surface area (Å²) in [6.45, 7) is 3.84. The highest BCUT2D eigenvalue weighted by Crippen LogP contribution is 2.31. The van der Waals surface area contributed by atoms with Crippen LogP contribution in [-0.2, 0) is 13.5 Å². The zero-order chi connectivity index (χ0) is 19.8. The summed E-state index contributed by atoms with van der Waals surface area (Å²) < 4.78 is 7.46. The maximum absolute atomic E-state index is 5.63. The lowest BCUT2D eigenvalue weighted by molar-refractivity contribution is 0.239. The summed E-state index contributed by atoms with van der Waals surface area (Å²) in [5.74, 6) is 1.77. The van der Waals surface area contributed by atoms with Crippen molar-refractivity contribution in [2.45, 2.75) is 25.3 Å². The van der Waals surface area contributed by atoms with Crippen LogP contribution in [0.5, 0.6) is 5.75 Å². The predicted molar refractivity (Wildman–Crippen MR) is 128 cm³/mol. The molecule has 7 nitrogen and oxygen atoms in total. The number of nitrogens with one attached hydrogen (secondary N) is 2. The summed E-state index contributed by atoms with van der Waals surface area (Å²) in [6.07, 6.45) is 7.37. The number of rotatable bonds is 8. The van der Waals surface area contributed by atoms with Crippen LogP contribution in [-0.4, -0.2) is 61.0 Å². The van der Waals surface area contributed by atoms with Gasteiger partial charge in [0, 0.05) is 38.9 Å². The molecule has 29 heavy (non-hydrogen) atoms. The quantitative estimate of drug-likeness (QED) is 0.324. The van der Waals surface area contributed by atoms with E-state index in [-0.39, 0.29) is 30.0 Å². The van der Waals surface area contributed by atoms with Gasteiger partial charge in [-0.05, 0) is 44.0 Å². The van der Waals surface area contributed by atoms with E-state index >= 15 is 0 Å². The fraction of sp³-hybridized carbons (Fsp3) is 0.524. The van der Waals surface area contributed by atoms with Crippen LogP contribution in [0, 0.1) is 0 Å². The molecule has 2 N–H and O–H groups in total.